The van der Waals surface area contributed by atoms with E-state index in [0.717, 1.165) is 12.8 Å². The van der Waals surface area contributed by atoms with Crippen LogP contribution in [0.2, 0.25) is 0 Å². The third kappa shape index (κ3) is 6.44. The summed E-state index contributed by atoms with van der Waals surface area (Å²) in [5.74, 6) is 2.53. The van der Waals surface area contributed by atoms with Crippen LogP contribution in [0.15, 0.2) is 32.8 Å². The molecule has 1 aromatic heterocycles. The molecule has 118 valence electrons. The molecule has 0 bridgehead atoms. The summed E-state index contributed by atoms with van der Waals surface area (Å²) in [6.45, 7) is 12.5. The second kappa shape index (κ2) is 11.7. The first-order chi connectivity index (χ1) is 10.3. The van der Waals surface area contributed by atoms with Gasteiger partial charge in [0.15, 0.2) is 0 Å². The second-order valence-corrected chi connectivity index (χ2v) is 10.5. The Hall–Kier alpha value is 0.179. The summed E-state index contributed by atoms with van der Waals surface area (Å²) in [5.41, 5.74) is 3.15. The normalized spacial score (nSPS) is 10.8. The van der Waals surface area contributed by atoms with Gasteiger partial charge in [-0.25, -0.2) is 0 Å². The van der Waals surface area contributed by atoms with Gasteiger partial charge in [0, 0.05) is 0 Å². The quantitative estimate of drug-likeness (QED) is 0.187. The number of allylic oxidation sites excluding steroid dienone is 2. The van der Waals surface area contributed by atoms with E-state index in [4.69, 9.17) is 0 Å². The molecular formula is C18H28S2Se. The first-order valence-corrected chi connectivity index (χ1v) is 11.6. The number of unbranched alkanes of at least 4 members (excludes halogenated alkanes) is 2. The van der Waals surface area contributed by atoms with Crippen LogP contribution in [0.5, 0.6) is 0 Å². The van der Waals surface area contributed by atoms with Gasteiger partial charge >= 0.3 is 146 Å². The zero-order chi connectivity index (χ0) is 15.5. The third-order valence-corrected chi connectivity index (χ3v) is 9.37. The van der Waals surface area contributed by atoms with Crippen LogP contribution >= 0.6 is 23.5 Å². The Morgan fingerprint density at radius 2 is 1.29 bits per heavy atom. The van der Waals surface area contributed by atoms with Gasteiger partial charge in [0.05, 0.1) is 0 Å². The molecule has 0 fully saturated rings. The first-order valence-electron chi connectivity index (χ1n) is 7.90. The predicted octanol–water partition coefficient (Wildman–Crippen LogP) is 5.99. The van der Waals surface area contributed by atoms with Crippen molar-refractivity contribution in [1.29, 1.82) is 0 Å². The van der Waals surface area contributed by atoms with Crippen LogP contribution in [-0.2, 0) is 12.8 Å². The number of hydrogen-bond donors (Lipinski definition) is 0. The van der Waals surface area contributed by atoms with E-state index in [9.17, 15) is 0 Å². The Morgan fingerprint density at radius 3 is 1.62 bits per heavy atom. The molecule has 0 aliphatic carbocycles. The van der Waals surface area contributed by atoms with Gasteiger partial charge in [0.1, 0.15) is 0 Å². The van der Waals surface area contributed by atoms with E-state index in [1.165, 1.54) is 37.2 Å². The molecular weight excluding hydrogens is 359 g/mol. The average Bonchev–Trinajstić information content (AvgIpc) is 2.79. The number of hydrogen-bond acceptors (Lipinski definition) is 2. The number of rotatable bonds is 12. The fourth-order valence-electron chi connectivity index (χ4n) is 2.01. The molecule has 1 aromatic rings. The summed E-state index contributed by atoms with van der Waals surface area (Å²) in [6, 6.07) is 0. The minimum atomic E-state index is 0.535. The van der Waals surface area contributed by atoms with Crippen LogP contribution in [-0.4, -0.2) is 26.0 Å². The number of thioether (sulfide) groups is 2. The Morgan fingerprint density at radius 1 is 0.857 bits per heavy atom. The van der Waals surface area contributed by atoms with Crippen molar-refractivity contribution in [2.75, 3.05) is 11.5 Å². The molecule has 3 heteroatoms. The van der Waals surface area contributed by atoms with E-state index >= 15 is 0 Å². The van der Waals surface area contributed by atoms with E-state index in [1.807, 2.05) is 0 Å². The van der Waals surface area contributed by atoms with E-state index in [1.54, 1.807) is 18.7 Å². The van der Waals surface area contributed by atoms with Gasteiger partial charge in [0.25, 0.3) is 0 Å². The van der Waals surface area contributed by atoms with Crippen LogP contribution in [0.4, 0.5) is 0 Å². The summed E-state index contributed by atoms with van der Waals surface area (Å²) in [6.07, 6.45) is 11.4. The Labute approximate surface area is 145 Å². The van der Waals surface area contributed by atoms with Gasteiger partial charge < -0.3 is 0 Å². The van der Waals surface area contributed by atoms with Crippen molar-refractivity contribution < 1.29 is 0 Å². The summed E-state index contributed by atoms with van der Waals surface area (Å²) < 4.78 is 3.32. The Balaban J connectivity index is 2.94. The molecule has 0 amide bonds. The van der Waals surface area contributed by atoms with Crippen LogP contribution in [0.3, 0.4) is 0 Å². The van der Waals surface area contributed by atoms with Gasteiger partial charge in [-0.15, -0.1) is 0 Å². The molecule has 0 aliphatic heterocycles. The molecule has 0 N–H and O–H groups in total. The molecule has 1 heterocycles. The van der Waals surface area contributed by atoms with Crippen molar-refractivity contribution in [1.82, 2.24) is 0 Å². The van der Waals surface area contributed by atoms with Crippen molar-refractivity contribution in [2.45, 2.75) is 59.9 Å². The summed E-state index contributed by atoms with van der Waals surface area (Å²) >= 11 is 4.73. The molecule has 0 aliphatic rings. The molecule has 21 heavy (non-hydrogen) atoms. The van der Waals surface area contributed by atoms with Crippen LogP contribution in [0.1, 0.15) is 50.7 Å². The third-order valence-electron chi connectivity index (χ3n) is 3.20. The van der Waals surface area contributed by atoms with Gasteiger partial charge in [0.2, 0.25) is 0 Å². The minimum absolute atomic E-state index is 0.535. The average molecular weight is 388 g/mol. The maximum absolute atomic E-state index is 3.96. The van der Waals surface area contributed by atoms with E-state index in [-0.39, 0.29) is 0 Å². The summed E-state index contributed by atoms with van der Waals surface area (Å²) in [7, 11) is 0. The van der Waals surface area contributed by atoms with E-state index < -0.39 is 0 Å². The topological polar surface area (TPSA) is 0 Å². The monoisotopic (exact) mass is 388 g/mol. The molecule has 0 unspecified atom stereocenters. The molecule has 0 saturated carbocycles. The van der Waals surface area contributed by atoms with Crippen molar-refractivity contribution in [3.63, 3.8) is 0 Å². The standard InChI is InChI=1S/C18H28S2Se/c1-5-9-13-19-17-15(11-7-3)16(12-8-4)18(21-17)20-14-10-6-2/h7-8H,3-6,9-14H2,1-2H3. The molecule has 0 nitrogen and oxygen atoms in total. The molecule has 0 atom stereocenters. The molecule has 0 aromatic carbocycles. The van der Waals surface area contributed by atoms with Crippen LogP contribution < -0.4 is 0 Å². The molecule has 1 rings (SSSR count). The molecule has 0 spiro atoms. The van der Waals surface area contributed by atoms with Crippen molar-refractivity contribution in [3.8, 4) is 0 Å². The Bertz CT molecular complexity index is 396. The second-order valence-electron chi connectivity index (χ2n) is 5.02. The fourth-order valence-corrected chi connectivity index (χ4v) is 8.79. The van der Waals surface area contributed by atoms with Crippen molar-refractivity contribution in [2.24, 2.45) is 0 Å². The van der Waals surface area contributed by atoms with Crippen molar-refractivity contribution >= 4 is 38.0 Å². The molecule has 0 saturated heterocycles. The Kier molecular flexibility index (Phi) is 10.7. The van der Waals surface area contributed by atoms with Crippen LogP contribution in [0, 0.1) is 0 Å². The SMILES string of the molecule is C=CCc1c(SCCCC)[se]c(SCCCC)c1CC=C. The summed E-state index contributed by atoms with van der Waals surface area (Å²) in [5, 5.41) is 0. The zero-order valence-electron chi connectivity index (χ0n) is 13.5. The zero-order valence-corrected chi connectivity index (χ0v) is 16.8. The van der Waals surface area contributed by atoms with E-state index in [2.05, 4.69) is 62.7 Å². The van der Waals surface area contributed by atoms with Gasteiger partial charge in [-0.05, 0) is 0 Å². The van der Waals surface area contributed by atoms with Gasteiger partial charge in [-0.1, -0.05) is 0 Å². The maximum atomic E-state index is 3.96. The fraction of sp³-hybridized carbons (Fsp3) is 0.556. The predicted molar refractivity (Wildman–Crippen MR) is 102 cm³/mol. The summed E-state index contributed by atoms with van der Waals surface area (Å²) in [4.78, 5) is 0. The van der Waals surface area contributed by atoms with Gasteiger partial charge in [-0.2, -0.15) is 0 Å². The first kappa shape index (κ1) is 19.2. The van der Waals surface area contributed by atoms with Crippen LogP contribution in [0.25, 0.3) is 0 Å². The molecule has 0 radical (unpaired) electrons. The van der Waals surface area contributed by atoms with Gasteiger partial charge in [-0.3, -0.25) is 0 Å². The van der Waals surface area contributed by atoms with Crippen molar-refractivity contribution in [3.05, 3.63) is 36.4 Å². The van der Waals surface area contributed by atoms with E-state index in [0.29, 0.717) is 14.5 Å².